The van der Waals surface area contributed by atoms with E-state index in [2.05, 4.69) is 21.6 Å². The van der Waals surface area contributed by atoms with Crippen LogP contribution in [0.1, 0.15) is 31.9 Å². The van der Waals surface area contributed by atoms with Gasteiger partial charge in [0.15, 0.2) is 5.65 Å². The molecule has 0 spiro atoms. The lowest BCUT2D eigenvalue weighted by Crippen LogP contribution is -2.16. The number of imidazole rings is 1. The van der Waals surface area contributed by atoms with Crippen LogP contribution in [0.5, 0.6) is 0 Å². The number of hydrogen-bond donors (Lipinski definition) is 1. The smallest absolute Gasteiger partial charge is 0.202 e. The minimum Gasteiger partial charge on any atom is -0.369 e. The Labute approximate surface area is 107 Å². The molecular weight excluding hydrogens is 226 g/mol. The Hall–Kier alpha value is -1.52. The summed E-state index contributed by atoms with van der Waals surface area (Å²) in [6, 6.07) is 0. The third kappa shape index (κ3) is 1.61. The maximum absolute atomic E-state index is 6.07. The molecule has 18 heavy (non-hydrogen) atoms. The van der Waals surface area contributed by atoms with Crippen LogP contribution in [-0.4, -0.2) is 19.3 Å². The van der Waals surface area contributed by atoms with Crippen molar-refractivity contribution >= 4 is 17.1 Å². The first kappa shape index (κ1) is 11.6. The highest BCUT2D eigenvalue weighted by atomic mass is 15.3. The third-order valence-corrected chi connectivity index (χ3v) is 4.38. The summed E-state index contributed by atoms with van der Waals surface area (Å²) in [7, 11) is 1.96. The molecule has 1 aliphatic carbocycles. The van der Waals surface area contributed by atoms with Crippen LogP contribution in [0.2, 0.25) is 0 Å². The summed E-state index contributed by atoms with van der Waals surface area (Å²) in [6.45, 7) is 5.30. The number of nitrogen functional groups attached to an aromatic ring is 1. The fourth-order valence-corrected chi connectivity index (χ4v) is 3.26. The van der Waals surface area contributed by atoms with Gasteiger partial charge in [-0.15, -0.1) is 0 Å². The quantitative estimate of drug-likeness (QED) is 0.884. The fraction of sp³-hybridized carbons (Fsp3) is 0.692. The number of aromatic nitrogens is 4. The Kier molecular flexibility index (Phi) is 2.57. The van der Waals surface area contributed by atoms with Crippen LogP contribution >= 0.6 is 0 Å². The van der Waals surface area contributed by atoms with E-state index < -0.39 is 0 Å². The zero-order chi connectivity index (χ0) is 12.9. The number of fused-ring (bicyclic) bond motifs is 1. The largest absolute Gasteiger partial charge is 0.369 e. The SMILES string of the molecule is Cc1nn(C)c2c1nc(N)n2CC1CCCC1C. The van der Waals surface area contributed by atoms with E-state index >= 15 is 0 Å². The second kappa shape index (κ2) is 4.00. The van der Waals surface area contributed by atoms with Crippen LogP contribution in [0, 0.1) is 18.8 Å². The second-order valence-electron chi connectivity index (χ2n) is 5.63. The van der Waals surface area contributed by atoms with Gasteiger partial charge in [0, 0.05) is 13.6 Å². The molecule has 2 aromatic rings. The summed E-state index contributed by atoms with van der Waals surface area (Å²) in [5.41, 5.74) is 9.03. The van der Waals surface area contributed by atoms with Gasteiger partial charge in [-0.1, -0.05) is 19.8 Å². The van der Waals surface area contributed by atoms with Crippen molar-refractivity contribution < 1.29 is 0 Å². The summed E-state index contributed by atoms with van der Waals surface area (Å²) in [5, 5.41) is 4.42. The molecule has 2 aromatic heterocycles. The summed E-state index contributed by atoms with van der Waals surface area (Å²) in [5.74, 6) is 2.14. The Balaban J connectivity index is 2.02. The van der Waals surface area contributed by atoms with Gasteiger partial charge < -0.3 is 5.73 Å². The zero-order valence-electron chi connectivity index (χ0n) is 11.3. The lowest BCUT2D eigenvalue weighted by Gasteiger charge is -2.17. The Bertz CT molecular complexity index is 580. The molecule has 98 valence electrons. The van der Waals surface area contributed by atoms with E-state index in [4.69, 9.17) is 5.73 Å². The van der Waals surface area contributed by atoms with Crippen LogP contribution in [0.15, 0.2) is 0 Å². The van der Waals surface area contributed by atoms with Gasteiger partial charge in [-0.05, 0) is 25.2 Å². The second-order valence-corrected chi connectivity index (χ2v) is 5.63. The van der Waals surface area contributed by atoms with Crippen LogP contribution in [-0.2, 0) is 13.6 Å². The molecule has 0 radical (unpaired) electrons. The first-order chi connectivity index (χ1) is 8.58. The number of anilines is 1. The van der Waals surface area contributed by atoms with Crippen molar-refractivity contribution in [1.29, 1.82) is 0 Å². The monoisotopic (exact) mass is 247 g/mol. The Morgan fingerprint density at radius 1 is 1.39 bits per heavy atom. The number of hydrogen-bond acceptors (Lipinski definition) is 3. The molecule has 5 heteroatoms. The van der Waals surface area contributed by atoms with Crippen molar-refractivity contribution in [3.8, 4) is 0 Å². The van der Waals surface area contributed by atoms with Crippen molar-refractivity contribution in [2.45, 2.75) is 39.7 Å². The summed E-state index contributed by atoms with van der Waals surface area (Å²) >= 11 is 0. The first-order valence-electron chi connectivity index (χ1n) is 6.73. The molecule has 0 saturated heterocycles. The van der Waals surface area contributed by atoms with E-state index in [1.54, 1.807) is 0 Å². The molecule has 0 aromatic carbocycles. The standard InChI is InChI=1S/C13H21N5/c1-8-5-4-6-10(8)7-18-12-11(15-13(18)14)9(2)16-17(12)3/h8,10H,4-7H2,1-3H3,(H2,14,15). The molecular formula is C13H21N5. The minimum atomic E-state index is 0.625. The third-order valence-electron chi connectivity index (χ3n) is 4.38. The summed E-state index contributed by atoms with van der Waals surface area (Å²) in [6.07, 6.45) is 3.98. The van der Waals surface area contributed by atoms with E-state index in [0.717, 1.165) is 35.2 Å². The lowest BCUT2D eigenvalue weighted by molar-refractivity contribution is 0.368. The highest BCUT2D eigenvalue weighted by molar-refractivity contribution is 5.77. The molecule has 1 aliphatic rings. The summed E-state index contributed by atoms with van der Waals surface area (Å²) < 4.78 is 4.04. The van der Waals surface area contributed by atoms with Crippen molar-refractivity contribution in [2.75, 3.05) is 5.73 Å². The van der Waals surface area contributed by atoms with Gasteiger partial charge in [0.1, 0.15) is 5.52 Å². The average molecular weight is 247 g/mol. The highest BCUT2D eigenvalue weighted by Crippen LogP contribution is 2.34. The molecule has 2 atom stereocenters. The highest BCUT2D eigenvalue weighted by Gasteiger charge is 2.26. The molecule has 2 unspecified atom stereocenters. The maximum Gasteiger partial charge on any atom is 0.202 e. The molecule has 3 rings (SSSR count). The number of nitrogens with zero attached hydrogens (tertiary/aromatic N) is 4. The van der Waals surface area contributed by atoms with E-state index in [1.807, 2.05) is 18.7 Å². The predicted octanol–water partition coefficient (Wildman–Crippen LogP) is 2.10. The van der Waals surface area contributed by atoms with Crippen molar-refractivity contribution in [1.82, 2.24) is 19.3 Å². The lowest BCUT2D eigenvalue weighted by atomic mass is 9.98. The molecule has 1 saturated carbocycles. The predicted molar refractivity (Wildman–Crippen MR) is 72.2 cm³/mol. The molecule has 0 amide bonds. The number of nitrogens with two attached hydrogens (primary N) is 1. The van der Waals surface area contributed by atoms with Gasteiger partial charge in [0.2, 0.25) is 5.95 Å². The summed E-state index contributed by atoms with van der Waals surface area (Å²) in [4.78, 5) is 4.46. The van der Waals surface area contributed by atoms with E-state index in [0.29, 0.717) is 5.95 Å². The number of aryl methyl sites for hydroxylation is 2. The fourth-order valence-electron chi connectivity index (χ4n) is 3.26. The van der Waals surface area contributed by atoms with Gasteiger partial charge in [0.25, 0.3) is 0 Å². The van der Waals surface area contributed by atoms with E-state index in [1.165, 1.54) is 19.3 Å². The van der Waals surface area contributed by atoms with Crippen LogP contribution in [0.25, 0.3) is 11.2 Å². The Morgan fingerprint density at radius 3 is 2.83 bits per heavy atom. The van der Waals surface area contributed by atoms with E-state index in [-0.39, 0.29) is 0 Å². The van der Waals surface area contributed by atoms with Crippen molar-refractivity contribution in [3.05, 3.63) is 5.69 Å². The van der Waals surface area contributed by atoms with Crippen molar-refractivity contribution in [2.24, 2.45) is 18.9 Å². The Morgan fingerprint density at radius 2 is 2.17 bits per heavy atom. The minimum absolute atomic E-state index is 0.625. The molecule has 5 nitrogen and oxygen atoms in total. The van der Waals surface area contributed by atoms with E-state index in [9.17, 15) is 0 Å². The van der Waals surface area contributed by atoms with Gasteiger partial charge in [0.05, 0.1) is 5.69 Å². The number of rotatable bonds is 2. The van der Waals surface area contributed by atoms with Gasteiger partial charge in [-0.3, -0.25) is 9.25 Å². The zero-order valence-corrected chi connectivity index (χ0v) is 11.3. The van der Waals surface area contributed by atoms with Crippen LogP contribution in [0.4, 0.5) is 5.95 Å². The average Bonchev–Trinajstić information content (AvgIpc) is 2.92. The van der Waals surface area contributed by atoms with Crippen LogP contribution < -0.4 is 5.73 Å². The molecule has 2 N–H and O–H groups in total. The van der Waals surface area contributed by atoms with Crippen molar-refractivity contribution in [3.63, 3.8) is 0 Å². The van der Waals surface area contributed by atoms with Gasteiger partial charge in [-0.25, -0.2) is 4.98 Å². The topological polar surface area (TPSA) is 61.7 Å². The molecule has 0 aliphatic heterocycles. The molecule has 0 bridgehead atoms. The molecule has 1 fully saturated rings. The van der Waals surface area contributed by atoms with Crippen LogP contribution in [0.3, 0.4) is 0 Å². The first-order valence-corrected chi connectivity index (χ1v) is 6.73. The van der Waals surface area contributed by atoms with Gasteiger partial charge >= 0.3 is 0 Å². The van der Waals surface area contributed by atoms with Gasteiger partial charge in [-0.2, -0.15) is 5.10 Å². The molecule has 2 heterocycles. The normalized spacial score (nSPS) is 24.2. The maximum atomic E-state index is 6.07.